The second kappa shape index (κ2) is 5.83. The van der Waals surface area contributed by atoms with E-state index in [1.165, 1.54) is 6.33 Å². The predicted octanol–water partition coefficient (Wildman–Crippen LogP) is -0.115. The highest BCUT2D eigenvalue weighted by Crippen LogP contribution is 2.15. The van der Waals surface area contributed by atoms with E-state index in [4.69, 9.17) is 5.11 Å². The Labute approximate surface area is 116 Å². The lowest BCUT2D eigenvalue weighted by atomic mass is 10.3. The molecule has 8 nitrogen and oxygen atoms in total. The third-order valence-electron chi connectivity index (χ3n) is 2.83. The number of carbonyl (C=O) groups is 1. The minimum absolute atomic E-state index is 0.0910. The van der Waals surface area contributed by atoms with Gasteiger partial charge in [-0.3, -0.25) is 4.79 Å². The summed E-state index contributed by atoms with van der Waals surface area (Å²) < 4.78 is 1.56. The summed E-state index contributed by atoms with van der Waals surface area (Å²) in [6.07, 6.45) is 1.41. The Balaban J connectivity index is 2.38. The number of nitrogens with zero attached hydrogens (tertiary/aromatic N) is 6. The van der Waals surface area contributed by atoms with Gasteiger partial charge >= 0.3 is 5.97 Å². The van der Waals surface area contributed by atoms with Crippen molar-refractivity contribution in [2.24, 2.45) is 0 Å². The zero-order valence-corrected chi connectivity index (χ0v) is 11.8. The van der Waals surface area contributed by atoms with Crippen molar-refractivity contribution < 1.29 is 9.90 Å². The fraction of sp³-hybridized carbons (Fsp3) is 0.500. The van der Waals surface area contributed by atoms with Crippen molar-refractivity contribution in [2.75, 3.05) is 38.6 Å². The Morgan fingerprint density at radius 2 is 2.15 bits per heavy atom. The topological polar surface area (TPSA) is 86.9 Å². The van der Waals surface area contributed by atoms with Gasteiger partial charge in [0.1, 0.15) is 18.7 Å². The average Bonchev–Trinajstić information content (AvgIpc) is 2.80. The van der Waals surface area contributed by atoms with Crippen LogP contribution in [0.25, 0.3) is 5.78 Å². The highest BCUT2D eigenvalue weighted by molar-refractivity contribution is 5.73. The number of anilines is 1. The van der Waals surface area contributed by atoms with Crippen LogP contribution in [0.5, 0.6) is 0 Å². The molecule has 108 valence electrons. The van der Waals surface area contributed by atoms with Crippen LogP contribution in [-0.2, 0) is 4.79 Å². The molecule has 20 heavy (non-hydrogen) atoms. The number of aryl methyl sites for hydroxylation is 1. The van der Waals surface area contributed by atoms with Crippen molar-refractivity contribution in [1.29, 1.82) is 0 Å². The molecule has 2 heterocycles. The van der Waals surface area contributed by atoms with Crippen LogP contribution >= 0.6 is 0 Å². The summed E-state index contributed by atoms with van der Waals surface area (Å²) in [4.78, 5) is 23.1. The molecule has 2 aromatic rings. The highest BCUT2D eigenvalue weighted by atomic mass is 16.4. The van der Waals surface area contributed by atoms with E-state index in [-0.39, 0.29) is 6.54 Å². The third kappa shape index (κ3) is 3.21. The van der Waals surface area contributed by atoms with Crippen molar-refractivity contribution in [3.63, 3.8) is 0 Å². The Morgan fingerprint density at radius 1 is 1.40 bits per heavy atom. The molecular formula is C12H18N6O2. The first-order valence-corrected chi connectivity index (χ1v) is 6.26. The maximum Gasteiger partial charge on any atom is 0.323 e. The zero-order chi connectivity index (χ0) is 14.7. The Morgan fingerprint density at radius 3 is 2.80 bits per heavy atom. The first kappa shape index (κ1) is 14.2. The summed E-state index contributed by atoms with van der Waals surface area (Å²) in [6.45, 7) is 3.08. The molecule has 0 aliphatic rings. The molecule has 2 aromatic heterocycles. The molecule has 1 N–H and O–H groups in total. The smallest absolute Gasteiger partial charge is 0.323 e. The molecular weight excluding hydrogens is 260 g/mol. The summed E-state index contributed by atoms with van der Waals surface area (Å²) >= 11 is 0. The first-order chi connectivity index (χ1) is 9.47. The molecule has 0 radical (unpaired) electrons. The van der Waals surface area contributed by atoms with Gasteiger partial charge in [-0.15, -0.1) is 0 Å². The van der Waals surface area contributed by atoms with Crippen LogP contribution in [0.3, 0.4) is 0 Å². The maximum absolute atomic E-state index is 11.1. The monoisotopic (exact) mass is 278 g/mol. The largest absolute Gasteiger partial charge is 0.480 e. The molecule has 0 unspecified atom stereocenters. The Hall–Kier alpha value is -2.22. The van der Waals surface area contributed by atoms with E-state index in [1.807, 2.05) is 32.0 Å². The molecule has 0 saturated heterocycles. The Bertz CT molecular complexity index is 609. The quantitative estimate of drug-likeness (QED) is 0.788. The molecule has 2 rings (SSSR count). The Kier molecular flexibility index (Phi) is 4.14. The summed E-state index contributed by atoms with van der Waals surface area (Å²) in [5.41, 5.74) is 0.778. The molecule has 0 atom stereocenters. The van der Waals surface area contributed by atoms with Crippen molar-refractivity contribution in [3.8, 4) is 0 Å². The van der Waals surface area contributed by atoms with Crippen LogP contribution in [0.1, 0.15) is 5.69 Å². The van der Waals surface area contributed by atoms with Gasteiger partial charge in [0, 0.05) is 24.8 Å². The second-order valence-electron chi connectivity index (χ2n) is 4.85. The lowest BCUT2D eigenvalue weighted by molar-refractivity contribution is -0.135. The summed E-state index contributed by atoms with van der Waals surface area (Å²) in [6, 6.07) is 1.82. The van der Waals surface area contributed by atoms with Crippen molar-refractivity contribution in [3.05, 3.63) is 18.1 Å². The number of carboxylic acids is 1. The van der Waals surface area contributed by atoms with E-state index in [9.17, 15) is 4.79 Å². The number of likely N-dealkylation sites (N-methyl/N-ethyl adjacent to an activating group) is 1. The van der Waals surface area contributed by atoms with Gasteiger partial charge in [-0.1, -0.05) is 0 Å². The van der Waals surface area contributed by atoms with Gasteiger partial charge in [-0.05, 0) is 21.0 Å². The summed E-state index contributed by atoms with van der Waals surface area (Å²) in [5.74, 6) is 0.279. The minimum Gasteiger partial charge on any atom is -0.480 e. The van der Waals surface area contributed by atoms with Crippen molar-refractivity contribution in [2.45, 2.75) is 6.92 Å². The molecule has 0 aliphatic carbocycles. The van der Waals surface area contributed by atoms with Gasteiger partial charge in [0.05, 0.1) is 0 Å². The van der Waals surface area contributed by atoms with E-state index < -0.39 is 5.97 Å². The maximum atomic E-state index is 11.1. The van der Waals surface area contributed by atoms with Crippen LogP contribution in [0.2, 0.25) is 0 Å². The number of aliphatic carboxylic acids is 1. The SMILES string of the molecule is Cc1cc(N(CCN(C)C)CC(=O)O)n2ncnc2n1. The van der Waals surface area contributed by atoms with E-state index in [2.05, 4.69) is 15.1 Å². The second-order valence-corrected chi connectivity index (χ2v) is 4.85. The van der Waals surface area contributed by atoms with Crippen LogP contribution in [0.15, 0.2) is 12.4 Å². The number of hydrogen-bond acceptors (Lipinski definition) is 6. The first-order valence-electron chi connectivity index (χ1n) is 6.26. The van der Waals surface area contributed by atoms with E-state index >= 15 is 0 Å². The van der Waals surface area contributed by atoms with Gasteiger partial charge in [-0.2, -0.15) is 14.6 Å². The van der Waals surface area contributed by atoms with Gasteiger partial charge in [0.2, 0.25) is 0 Å². The molecule has 0 fully saturated rings. The third-order valence-corrected chi connectivity index (χ3v) is 2.83. The lowest BCUT2D eigenvalue weighted by Crippen LogP contribution is -2.37. The molecule has 0 bridgehead atoms. The van der Waals surface area contributed by atoms with Gasteiger partial charge in [-0.25, -0.2) is 4.98 Å². The number of hydrogen-bond donors (Lipinski definition) is 1. The summed E-state index contributed by atoms with van der Waals surface area (Å²) in [5, 5.41) is 13.2. The zero-order valence-electron chi connectivity index (χ0n) is 11.8. The molecule has 0 amide bonds. The normalized spacial score (nSPS) is 11.2. The van der Waals surface area contributed by atoms with Gasteiger partial charge in [0.15, 0.2) is 0 Å². The van der Waals surface area contributed by atoms with Crippen molar-refractivity contribution in [1.82, 2.24) is 24.5 Å². The van der Waals surface area contributed by atoms with Crippen molar-refractivity contribution >= 4 is 17.6 Å². The minimum atomic E-state index is -0.883. The molecule has 0 spiro atoms. The fourth-order valence-corrected chi connectivity index (χ4v) is 1.90. The molecule has 0 aromatic carbocycles. The van der Waals surface area contributed by atoms with E-state index in [0.29, 0.717) is 18.1 Å². The number of fused-ring (bicyclic) bond motifs is 1. The van der Waals surface area contributed by atoms with E-state index in [0.717, 1.165) is 12.2 Å². The standard InChI is InChI=1S/C12H18N6O2/c1-9-6-10(18-12(15-9)13-8-14-18)17(7-11(19)20)5-4-16(2)3/h6,8H,4-5,7H2,1-3H3,(H,19,20). The van der Waals surface area contributed by atoms with Gasteiger partial charge < -0.3 is 14.9 Å². The summed E-state index contributed by atoms with van der Waals surface area (Å²) in [7, 11) is 3.89. The number of carboxylic acid groups (broad SMARTS) is 1. The molecule has 0 aliphatic heterocycles. The van der Waals surface area contributed by atoms with Crippen LogP contribution < -0.4 is 4.90 Å². The average molecular weight is 278 g/mol. The highest BCUT2D eigenvalue weighted by Gasteiger charge is 2.16. The predicted molar refractivity (Wildman–Crippen MR) is 73.9 cm³/mol. The van der Waals surface area contributed by atoms with E-state index in [1.54, 1.807) is 9.42 Å². The van der Waals surface area contributed by atoms with Gasteiger partial charge in [0.25, 0.3) is 5.78 Å². The lowest BCUT2D eigenvalue weighted by Gasteiger charge is -2.24. The molecule has 0 saturated carbocycles. The fourth-order valence-electron chi connectivity index (χ4n) is 1.90. The van der Waals surface area contributed by atoms with Crippen LogP contribution in [0, 0.1) is 6.92 Å². The number of rotatable bonds is 6. The number of aromatic nitrogens is 4. The van der Waals surface area contributed by atoms with Crippen LogP contribution in [-0.4, -0.2) is 69.3 Å². The molecule has 8 heteroatoms. The van der Waals surface area contributed by atoms with Crippen LogP contribution in [0.4, 0.5) is 5.82 Å².